The molecule has 3 nitrogen and oxygen atoms in total. The average molecular weight is 175 g/mol. The fraction of sp³-hybridized carbons (Fsp3) is 0.300. The van der Waals surface area contributed by atoms with E-state index in [1.54, 1.807) is 6.20 Å². The fourth-order valence-electron chi connectivity index (χ4n) is 1.39. The molecule has 0 saturated heterocycles. The van der Waals surface area contributed by atoms with Crippen LogP contribution in [0, 0.1) is 0 Å². The predicted octanol–water partition coefficient (Wildman–Crippen LogP) is 1.74. The molecule has 0 fully saturated rings. The molecule has 0 aromatic carbocycles. The van der Waals surface area contributed by atoms with Crippen LogP contribution < -0.4 is 5.73 Å². The van der Waals surface area contributed by atoms with Crippen molar-refractivity contribution in [3.8, 4) is 0 Å². The van der Waals surface area contributed by atoms with E-state index in [4.69, 9.17) is 5.73 Å². The second kappa shape index (κ2) is 3.18. The maximum absolute atomic E-state index is 5.92. The quantitative estimate of drug-likeness (QED) is 0.755. The lowest BCUT2D eigenvalue weighted by Gasteiger charge is -2.08. The second-order valence-corrected chi connectivity index (χ2v) is 3.17. The van der Waals surface area contributed by atoms with E-state index in [1.165, 1.54) is 0 Å². The van der Waals surface area contributed by atoms with E-state index in [0.29, 0.717) is 0 Å². The molecule has 0 aliphatic rings. The van der Waals surface area contributed by atoms with Gasteiger partial charge in [0.05, 0.1) is 0 Å². The highest BCUT2D eigenvalue weighted by molar-refractivity contribution is 5.39. The summed E-state index contributed by atoms with van der Waals surface area (Å²) in [6, 6.07) is 4.16. The number of pyridine rings is 1. The van der Waals surface area contributed by atoms with E-state index in [2.05, 4.69) is 11.9 Å². The highest BCUT2D eigenvalue weighted by Crippen LogP contribution is 2.13. The number of hydrogen-bond donors (Lipinski definition) is 1. The molecule has 2 heterocycles. The minimum Gasteiger partial charge on any atom is -0.324 e. The predicted molar refractivity (Wildman–Crippen MR) is 52.4 cm³/mol. The molecule has 2 N–H and O–H groups in total. The van der Waals surface area contributed by atoms with Crippen LogP contribution >= 0.6 is 0 Å². The van der Waals surface area contributed by atoms with Crippen LogP contribution in [-0.4, -0.2) is 9.38 Å². The molecule has 13 heavy (non-hydrogen) atoms. The minimum atomic E-state index is 0.131. The molecule has 0 aliphatic carbocycles. The summed E-state index contributed by atoms with van der Waals surface area (Å²) in [5.41, 5.74) is 8.05. The van der Waals surface area contributed by atoms with Crippen molar-refractivity contribution in [3.63, 3.8) is 0 Å². The third kappa shape index (κ3) is 1.42. The highest BCUT2D eigenvalue weighted by Gasteiger charge is 2.03. The van der Waals surface area contributed by atoms with E-state index < -0.39 is 0 Å². The Morgan fingerprint density at radius 1 is 1.54 bits per heavy atom. The van der Waals surface area contributed by atoms with Crippen molar-refractivity contribution in [2.45, 2.75) is 19.4 Å². The van der Waals surface area contributed by atoms with Gasteiger partial charge in [-0.3, -0.25) is 0 Å². The van der Waals surface area contributed by atoms with Gasteiger partial charge < -0.3 is 10.1 Å². The third-order valence-electron chi connectivity index (χ3n) is 2.28. The Morgan fingerprint density at radius 2 is 2.38 bits per heavy atom. The molecule has 0 saturated carbocycles. The van der Waals surface area contributed by atoms with Gasteiger partial charge in [-0.25, -0.2) is 4.98 Å². The lowest BCUT2D eigenvalue weighted by atomic mass is 10.1. The number of hydrogen-bond acceptors (Lipinski definition) is 2. The van der Waals surface area contributed by atoms with E-state index >= 15 is 0 Å². The molecular formula is C10H13N3. The Balaban J connectivity index is 2.48. The molecule has 0 spiro atoms. The first-order valence-corrected chi connectivity index (χ1v) is 4.49. The van der Waals surface area contributed by atoms with Crippen molar-refractivity contribution in [1.29, 1.82) is 0 Å². The van der Waals surface area contributed by atoms with Gasteiger partial charge in [0.1, 0.15) is 5.65 Å². The molecule has 68 valence electrons. The molecule has 1 atom stereocenters. The Bertz CT molecular complexity index is 405. The van der Waals surface area contributed by atoms with Crippen molar-refractivity contribution < 1.29 is 0 Å². The molecule has 0 radical (unpaired) electrons. The molecule has 0 bridgehead atoms. The summed E-state index contributed by atoms with van der Waals surface area (Å²) in [6.45, 7) is 2.09. The monoisotopic (exact) mass is 175 g/mol. The Hall–Kier alpha value is -1.35. The maximum atomic E-state index is 5.92. The molecule has 0 amide bonds. The third-order valence-corrected chi connectivity index (χ3v) is 2.28. The molecule has 2 aromatic rings. The van der Waals surface area contributed by atoms with Crippen molar-refractivity contribution in [2.24, 2.45) is 5.73 Å². The molecular weight excluding hydrogens is 162 g/mol. The SMILES string of the molecule is CC[C@@H](N)c1ccc2nccn2c1. The number of imidazole rings is 1. The van der Waals surface area contributed by atoms with Gasteiger partial charge in [-0.2, -0.15) is 0 Å². The normalized spacial score (nSPS) is 13.4. The first-order valence-electron chi connectivity index (χ1n) is 4.49. The van der Waals surface area contributed by atoms with Gasteiger partial charge >= 0.3 is 0 Å². The van der Waals surface area contributed by atoms with E-state index in [0.717, 1.165) is 17.6 Å². The van der Waals surface area contributed by atoms with E-state index in [-0.39, 0.29) is 6.04 Å². The van der Waals surface area contributed by atoms with Crippen LogP contribution in [0.25, 0.3) is 5.65 Å². The van der Waals surface area contributed by atoms with Crippen LogP contribution in [0.2, 0.25) is 0 Å². The molecule has 2 rings (SSSR count). The standard InChI is InChI=1S/C10H13N3/c1-2-9(11)8-3-4-10-12-5-6-13(10)7-8/h3-7,9H,2,11H2,1H3/t9-/m1/s1. The first-order chi connectivity index (χ1) is 6.31. The average Bonchev–Trinajstić information content (AvgIpc) is 2.63. The van der Waals surface area contributed by atoms with Gasteiger partial charge in [0.2, 0.25) is 0 Å². The van der Waals surface area contributed by atoms with Crippen LogP contribution in [0.4, 0.5) is 0 Å². The van der Waals surface area contributed by atoms with Crippen molar-refractivity contribution in [2.75, 3.05) is 0 Å². The van der Waals surface area contributed by atoms with Crippen molar-refractivity contribution >= 4 is 5.65 Å². The van der Waals surface area contributed by atoms with Gasteiger partial charge in [-0.1, -0.05) is 13.0 Å². The summed E-state index contributed by atoms with van der Waals surface area (Å²) < 4.78 is 1.99. The van der Waals surface area contributed by atoms with Gasteiger partial charge in [-0.15, -0.1) is 0 Å². The topological polar surface area (TPSA) is 43.3 Å². The van der Waals surface area contributed by atoms with Gasteiger partial charge in [0.25, 0.3) is 0 Å². The zero-order valence-electron chi connectivity index (χ0n) is 7.64. The lowest BCUT2D eigenvalue weighted by molar-refractivity contribution is 0.694. The summed E-state index contributed by atoms with van der Waals surface area (Å²) in [6.07, 6.45) is 6.72. The summed E-state index contributed by atoms with van der Waals surface area (Å²) in [5.74, 6) is 0. The highest BCUT2D eigenvalue weighted by atomic mass is 15.0. The van der Waals surface area contributed by atoms with Crippen molar-refractivity contribution in [1.82, 2.24) is 9.38 Å². The smallest absolute Gasteiger partial charge is 0.136 e. The summed E-state index contributed by atoms with van der Waals surface area (Å²) >= 11 is 0. The number of rotatable bonds is 2. The minimum absolute atomic E-state index is 0.131. The fourth-order valence-corrected chi connectivity index (χ4v) is 1.39. The molecule has 0 aliphatic heterocycles. The number of nitrogens with zero attached hydrogens (tertiary/aromatic N) is 2. The van der Waals surface area contributed by atoms with Crippen LogP contribution in [0.1, 0.15) is 24.9 Å². The summed E-state index contributed by atoms with van der Waals surface area (Å²) in [4.78, 5) is 4.17. The first kappa shape index (κ1) is 8.26. The number of aromatic nitrogens is 2. The van der Waals surface area contributed by atoms with Crippen LogP contribution in [0.5, 0.6) is 0 Å². The Morgan fingerprint density at radius 3 is 3.15 bits per heavy atom. The number of nitrogens with two attached hydrogens (primary N) is 1. The zero-order valence-corrected chi connectivity index (χ0v) is 7.64. The summed E-state index contributed by atoms with van der Waals surface area (Å²) in [7, 11) is 0. The molecule has 0 unspecified atom stereocenters. The van der Waals surface area contributed by atoms with Crippen LogP contribution in [0.3, 0.4) is 0 Å². The second-order valence-electron chi connectivity index (χ2n) is 3.17. The molecule has 3 heteroatoms. The lowest BCUT2D eigenvalue weighted by Crippen LogP contribution is -2.09. The Labute approximate surface area is 77.2 Å². The van der Waals surface area contributed by atoms with E-state index in [1.807, 2.05) is 28.9 Å². The van der Waals surface area contributed by atoms with Gasteiger partial charge in [0.15, 0.2) is 0 Å². The van der Waals surface area contributed by atoms with Crippen LogP contribution in [0.15, 0.2) is 30.7 Å². The maximum Gasteiger partial charge on any atom is 0.136 e. The van der Waals surface area contributed by atoms with Gasteiger partial charge in [0, 0.05) is 24.6 Å². The van der Waals surface area contributed by atoms with Gasteiger partial charge in [-0.05, 0) is 18.1 Å². The Kier molecular flexibility index (Phi) is 2.02. The summed E-state index contributed by atoms with van der Waals surface area (Å²) in [5, 5.41) is 0. The zero-order chi connectivity index (χ0) is 9.26. The number of fused-ring (bicyclic) bond motifs is 1. The van der Waals surface area contributed by atoms with E-state index in [9.17, 15) is 0 Å². The largest absolute Gasteiger partial charge is 0.324 e. The van der Waals surface area contributed by atoms with Crippen molar-refractivity contribution in [3.05, 3.63) is 36.3 Å². The molecule has 2 aromatic heterocycles. The van der Waals surface area contributed by atoms with Crippen LogP contribution in [-0.2, 0) is 0 Å².